The van der Waals surface area contributed by atoms with Gasteiger partial charge in [0.05, 0.1) is 13.2 Å². The Bertz CT molecular complexity index is 615. The fourth-order valence-electron chi connectivity index (χ4n) is 4.51. The highest BCUT2D eigenvalue weighted by molar-refractivity contribution is 5.81. The minimum atomic E-state index is -0.209. The van der Waals surface area contributed by atoms with Crippen molar-refractivity contribution in [3.63, 3.8) is 0 Å². The molecule has 0 aliphatic carbocycles. The summed E-state index contributed by atoms with van der Waals surface area (Å²) < 4.78 is 11.7. The number of rotatable bonds is 4. The van der Waals surface area contributed by atoms with Crippen LogP contribution >= 0.6 is 0 Å². The van der Waals surface area contributed by atoms with E-state index in [1.54, 1.807) is 7.11 Å². The van der Waals surface area contributed by atoms with Crippen LogP contribution in [0.5, 0.6) is 5.75 Å². The summed E-state index contributed by atoms with van der Waals surface area (Å²) in [6, 6.07) is 8.20. The summed E-state index contributed by atoms with van der Waals surface area (Å²) in [7, 11) is 1.72. The average Bonchev–Trinajstić information content (AvgIpc) is 3.31. The van der Waals surface area contributed by atoms with Crippen LogP contribution in [0.25, 0.3) is 0 Å². The number of piperidine rings is 1. The van der Waals surface area contributed by atoms with E-state index in [4.69, 9.17) is 9.47 Å². The molecule has 3 atom stereocenters. The van der Waals surface area contributed by atoms with Gasteiger partial charge in [0.15, 0.2) is 0 Å². The van der Waals surface area contributed by atoms with E-state index in [0.29, 0.717) is 5.92 Å². The molecule has 4 rings (SSSR count). The van der Waals surface area contributed by atoms with Crippen molar-refractivity contribution < 1.29 is 14.3 Å². The van der Waals surface area contributed by atoms with E-state index in [1.807, 2.05) is 17.0 Å². The lowest BCUT2D eigenvalue weighted by atomic mass is 9.91. The Morgan fingerprint density at radius 3 is 2.84 bits per heavy atom. The number of fused-ring (bicyclic) bond motifs is 1. The number of ether oxygens (including phenoxy) is 2. The van der Waals surface area contributed by atoms with Crippen LogP contribution in [-0.2, 0) is 16.1 Å². The van der Waals surface area contributed by atoms with Gasteiger partial charge in [-0.15, -0.1) is 0 Å². The van der Waals surface area contributed by atoms with E-state index in [-0.39, 0.29) is 18.1 Å². The van der Waals surface area contributed by atoms with Crippen LogP contribution < -0.4 is 4.74 Å². The molecular formula is C20H28N2O3. The first-order valence-electron chi connectivity index (χ1n) is 9.53. The fourth-order valence-corrected chi connectivity index (χ4v) is 4.51. The van der Waals surface area contributed by atoms with E-state index >= 15 is 0 Å². The smallest absolute Gasteiger partial charge is 0.251 e. The number of likely N-dealkylation sites (tertiary alicyclic amines) is 2. The fraction of sp³-hybridized carbons (Fsp3) is 0.650. The number of amides is 1. The van der Waals surface area contributed by atoms with E-state index in [0.717, 1.165) is 64.2 Å². The molecule has 0 unspecified atom stereocenters. The van der Waals surface area contributed by atoms with Gasteiger partial charge in [-0.1, -0.05) is 18.2 Å². The standard InChI is InChI=1S/C20H28N2O3/c1-24-17-7-3-2-6-16(17)13-21-11-8-15-12-18(25-19(15)14-21)20(23)22-9-4-5-10-22/h2-3,6-7,15,18-19H,4-5,8-14H2,1H3/t15-,18+,19+/m1/s1. The highest BCUT2D eigenvalue weighted by atomic mass is 16.5. The molecule has 3 fully saturated rings. The quantitative estimate of drug-likeness (QED) is 0.840. The Hall–Kier alpha value is -1.59. The minimum Gasteiger partial charge on any atom is -0.496 e. The molecule has 5 heteroatoms. The van der Waals surface area contributed by atoms with Crippen LogP contribution in [0.4, 0.5) is 0 Å². The van der Waals surface area contributed by atoms with Gasteiger partial charge < -0.3 is 14.4 Å². The molecule has 25 heavy (non-hydrogen) atoms. The first-order chi connectivity index (χ1) is 12.2. The molecule has 3 aliphatic rings. The van der Waals surface area contributed by atoms with Crippen molar-refractivity contribution in [1.29, 1.82) is 0 Å². The Balaban J connectivity index is 1.36. The lowest BCUT2D eigenvalue weighted by Crippen LogP contribution is -2.42. The summed E-state index contributed by atoms with van der Waals surface area (Å²) >= 11 is 0. The number of nitrogens with zero attached hydrogens (tertiary/aromatic N) is 2. The monoisotopic (exact) mass is 344 g/mol. The van der Waals surface area contributed by atoms with Gasteiger partial charge in [0.1, 0.15) is 11.9 Å². The van der Waals surface area contributed by atoms with Crippen LogP contribution in [0, 0.1) is 5.92 Å². The van der Waals surface area contributed by atoms with Crippen LogP contribution in [-0.4, -0.2) is 61.2 Å². The number of hydrogen-bond acceptors (Lipinski definition) is 4. The largest absolute Gasteiger partial charge is 0.496 e. The number of carbonyl (C=O) groups is 1. The summed E-state index contributed by atoms with van der Waals surface area (Å²) in [4.78, 5) is 17.0. The first kappa shape index (κ1) is 16.9. The first-order valence-corrected chi connectivity index (χ1v) is 9.53. The zero-order chi connectivity index (χ0) is 17.2. The summed E-state index contributed by atoms with van der Waals surface area (Å²) in [5.74, 6) is 1.70. The van der Waals surface area contributed by atoms with Crippen molar-refractivity contribution in [3.05, 3.63) is 29.8 Å². The molecule has 3 heterocycles. The van der Waals surface area contributed by atoms with Crippen molar-refractivity contribution in [2.24, 2.45) is 5.92 Å². The molecule has 3 aliphatic heterocycles. The van der Waals surface area contributed by atoms with Crippen molar-refractivity contribution in [2.45, 2.75) is 44.4 Å². The molecule has 1 amide bonds. The topological polar surface area (TPSA) is 42.0 Å². The van der Waals surface area contributed by atoms with E-state index in [2.05, 4.69) is 17.0 Å². The van der Waals surface area contributed by atoms with Crippen LogP contribution in [0.1, 0.15) is 31.2 Å². The van der Waals surface area contributed by atoms with Gasteiger partial charge in [-0.2, -0.15) is 0 Å². The number of para-hydroxylation sites is 1. The molecule has 136 valence electrons. The zero-order valence-corrected chi connectivity index (χ0v) is 15.0. The molecule has 0 radical (unpaired) electrons. The predicted octanol–water partition coefficient (Wildman–Crippen LogP) is 2.30. The molecule has 1 aromatic rings. The third-order valence-electron chi connectivity index (χ3n) is 5.92. The van der Waals surface area contributed by atoms with Gasteiger partial charge in [0, 0.05) is 31.7 Å². The molecule has 0 spiro atoms. The van der Waals surface area contributed by atoms with Gasteiger partial charge >= 0.3 is 0 Å². The molecular weight excluding hydrogens is 316 g/mol. The van der Waals surface area contributed by atoms with Gasteiger partial charge in [0.25, 0.3) is 5.91 Å². The van der Waals surface area contributed by atoms with Crippen LogP contribution in [0.15, 0.2) is 24.3 Å². The van der Waals surface area contributed by atoms with Gasteiger partial charge in [-0.25, -0.2) is 0 Å². The molecule has 5 nitrogen and oxygen atoms in total. The lowest BCUT2D eigenvalue weighted by Gasteiger charge is -2.34. The SMILES string of the molecule is COc1ccccc1CN1CC[C@@H]2C[C@@H](C(=O)N3CCCC3)O[C@H]2C1. The zero-order valence-electron chi connectivity index (χ0n) is 15.0. The van der Waals surface area contributed by atoms with Crippen molar-refractivity contribution in [2.75, 3.05) is 33.3 Å². The molecule has 0 bridgehead atoms. The number of methoxy groups -OCH3 is 1. The number of benzene rings is 1. The second-order valence-electron chi connectivity index (χ2n) is 7.53. The molecule has 3 saturated heterocycles. The summed E-state index contributed by atoms with van der Waals surface area (Å²) in [6.45, 7) is 4.67. The second-order valence-corrected chi connectivity index (χ2v) is 7.53. The molecule has 1 aromatic carbocycles. The maximum atomic E-state index is 12.6. The Labute approximate surface area is 149 Å². The van der Waals surface area contributed by atoms with E-state index in [1.165, 1.54) is 5.56 Å². The number of carbonyl (C=O) groups excluding carboxylic acids is 1. The van der Waals surface area contributed by atoms with Gasteiger partial charge in [-0.3, -0.25) is 9.69 Å². The van der Waals surface area contributed by atoms with Crippen molar-refractivity contribution >= 4 is 5.91 Å². The lowest BCUT2D eigenvalue weighted by molar-refractivity contribution is -0.142. The number of hydrogen-bond donors (Lipinski definition) is 0. The van der Waals surface area contributed by atoms with Gasteiger partial charge in [0.2, 0.25) is 0 Å². The normalized spacial score (nSPS) is 29.6. The average molecular weight is 344 g/mol. The van der Waals surface area contributed by atoms with Crippen molar-refractivity contribution in [3.8, 4) is 5.75 Å². The Kier molecular flexibility index (Phi) is 4.95. The third kappa shape index (κ3) is 3.53. The maximum absolute atomic E-state index is 12.6. The maximum Gasteiger partial charge on any atom is 0.251 e. The van der Waals surface area contributed by atoms with E-state index < -0.39 is 0 Å². The van der Waals surface area contributed by atoms with Crippen molar-refractivity contribution in [1.82, 2.24) is 9.80 Å². The second kappa shape index (κ2) is 7.34. The third-order valence-corrected chi connectivity index (χ3v) is 5.92. The molecule has 0 N–H and O–H groups in total. The summed E-state index contributed by atoms with van der Waals surface area (Å²) in [5.41, 5.74) is 1.21. The van der Waals surface area contributed by atoms with Crippen LogP contribution in [0.2, 0.25) is 0 Å². The summed E-state index contributed by atoms with van der Waals surface area (Å²) in [6.07, 6.45) is 4.28. The van der Waals surface area contributed by atoms with Gasteiger partial charge in [-0.05, 0) is 44.2 Å². The van der Waals surface area contributed by atoms with E-state index in [9.17, 15) is 4.79 Å². The Morgan fingerprint density at radius 2 is 2.04 bits per heavy atom. The highest BCUT2D eigenvalue weighted by Crippen LogP contribution is 2.35. The highest BCUT2D eigenvalue weighted by Gasteiger charge is 2.43. The molecule has 0 saturated carbocycles. The van der Waals surface area contributed by atoms with Crippen LogP contribution in [0.3, 0.4) is 0 Å². The minimum absolute atomic E-state index is 0.194. The Morgan fingerprint density at radius 1 is 1.24 bits per heavy atom. The predicted molar refractivity (Wildman–Crippen MR) is 95.5 cm³/mol. The molecule has 0 aromatic heterocycles. The summed E-state index contributed by atoms with van der Waals surface area (Å²) in [5, 5.41) is 0.